The van der Waals surface area contributed by atoms with E-state index in [9.17, 15) is 14.4 Å². The third kappa shape index (κ3) is 4.74. The molecule has 3 aliphatic rings. The molecular weight excluding hydrogens is 460 g/mol. The lowest BCUT2D eigenvalue weighted by Gasteiger charge is -2.31. The van der Waals surface area contributed by atoms with Crippen molar-refractivity contribution in [3.05, 3.63) is 35.7 Å². The van der Waals surface area contributed by atoms with Crippen molar-refractivity contribution in [1.29, 1.82) is 0 Å². The minimum absolute atomic E-state index is 0.00581. The molecule has 36 heavy (non-hydrogen) atoms. The number of fused-ring (bicyclic) bond motifs is 2. The van der Waals surface area contributed by atoms with Crippen LogP contribution in [-0.2, 0) is 26.8 Å². The number of benzene rings is 1. The predicted octanol–water partition coefficient (Wildman–Crippen LogP) is 2.91. The van der Waals surface area contributed by atoms with Crippen LogP contribution in [0.2, 0.25) is 0 Å². The van der Waals surface area contributed by atoms with E-state index in [0.717, 1.165) is 49.8 Å². The van der Waals surface area contributed by atoms with Gasteiger partial charge < -0.3 is 20.7 Å². The van der Waals surface area contributed by atoms with Gasteiger partial charge in [0.15, 0.2) is 0 Å². The van der Waals surface area contributed by atoms with Gasteiger partial charge in [-0.15, -0.1) is 5.10 Å². The zero-order valence-corrected chi connectivity index (χ0v) is 20.7. The van der Waals surface area contributed by atoms with Crippen LogP contribution in [0.5, 0.6) is 0 Å². The fourth-order valence-corrected chi connectivity index (χ4v) is 5.87. The summed E-state index contributed by atoms with van der Waals surface area (Å²) in [6.07, 6.45) is 10.0. The Morgan fingerprint density at radius 2 is 1.86 bits per heavy atom. The summed E-state index contributed by atoms with van der Waals surface area (Å²) in [7, 11) is 1.65. The van der Waals surface area contributed by atoms with Crippen molar-refractivity contribution in [2.24, 2.45) is 13.0 Å². The van der Waals surface area contributed by atoms with E-state index >= 15 is 0 Å². The first-order valence-electron chi connectivity index (χ1n) is 13.0. The molecule has 5 rings (SSSR count). The first kappa shape index (κ1) is 24.4. The number of rotatable bonds is 5. The monoisotopic (exact) mass is 494 g/mol. The highest BCUT2D eigenvalue weighted by molar-refractivity contribution is 6.07. The van der Waals surface area contributed by atoms with Crippen molar-refractivity contribution in [3.8, 4) is 0 Å². The molecule has 1 atom stereocenters. The van der Waals surface area contributed by atoms with Crippen LogP contribution in [0.4, 0.5) is 11.4 Å². The van der Waals surface area contributed by atoms with Crippen molar-refractivity contribution >= 4 is 29.1 Å². The molecule has 10 heteroatoms. The number of aromatic nitrogens is 3. The van der Waals surface area contributed by atoms with Crippen LogP contribution in [0.3, 0.4) is 0 Å². The normalized spacial score (nSPS) is 20.6. The lowest BCUT2D eigenvalue weighted by atomic mass is 9.75. The van der Waals surface area contributed by atoms with E-state index in [-0.39, 0.29) is 23.6 Å². The molecule has 2 fully saturated rings. The van der Waals surface area contributed by atoms with Crippen LogP contribution < -0.4 is 16.0 Å². The van der Waals surface area contributed by atoms with Gasteiger partial charge in [-0.1, -0.05) is 43.4 Å². The van der Waals surface area contributed by atoms with Crippen LogP contribution in [0.15, 0.2) is 24.4 Å². The number of amides is 3. The highest BCUT2D eigenvalue weighted by Gasteiger charge is 2.47. The summed E-state index contributed by atoms with van der Waals surface area (Å²) in [5.41, 5.74) is 2.04. The largest absolute Gasteiger partial charge is 0.381 e. The topological polar surface area (TPSA) is 127 Å². The maximum atomic E-state index is 13.6. The maximum Gasteiger partial charge on any atom is 0.271 e. The summed E-state index contributed by atoms with van der Waals surface area (Å²) in [6.45, 7) is 1.11. The van der Waals surface area contributed by atoms with E-state index in [1.165, 1.54) is 17.3 Å². The van der Waals surface area contributed by atoms with Gasteiger partial charge in [-0.3, -0.25) is 14.4 Å². The Bertz CT molecular complexity index is 1130. The molecule has 1 saturated heterocycles. The second-order valence-electron chi connectivity index (χ2n) is 10.2. The SMILES string of the molecule is Cn1nncc1C(=O)NC(C(=O)Nc1ccc2c(c1)NC(=O)C21CCOCC1)C1CCCCCCC1. The molecule has 3 heterocycles. The first-order valence-corrected chi connectivity index (χ1v) is 13.0. The maximum absolute atomic E-state index is 13.6. The Balaban J connectivity index is 1.36. The van der Waals surface area contributed by atoms with Crippen LogP contribution in [0.1, 0.15) is 73.8 Å². The van der Waals surface area contributed by atoms with Crippen molar-refractivity contribution in [2.75, 3.05) is 23.8 Å². The fourth-order valence-electron chi connectivity index (χ4n) is 5.87. The average molecular weight is 495 g/mol. The Kier molecular flexibility index (Phi) is 7.04. The minimum Gasteiger partial charge on any atom is -0.381 e. The molecule has 1 aliphatic carbocycles. The number of nitrogens with one attached hydrogen (secondary N) is 3. The van der Waals surface area contributed by atoms with Crippen molar-refractivity contribution in [2.45, 2.75) is 69.2 Å². The van der Waals surface area contributed by atoms with Gasteiger partial charge in [0.25, 0.3) is 5.91 Å². The van der Waals surface area contributed by atoms with Crippen molar-refractivity contribution in [1.82, 2.24) is 20.3 Å². The van der Waals surface area contributed by atoms with E-state index < -0.39 is 11.5 Å². The lowest BCUT2D eigenvalue weighted by Crippen LogP contribution is -2.49. The Hall–Kier alpha value is -3.27. The molecule has 1 spiro atoms. The smallest absolute Gasteiger partial charge is 0.271 e. The van der Waals surface area contributed by atoms with Crippen LogP contribution >= 0.6 is 0 Å². The molecule has 0 bridgehead atoms. The van der Waals surface area contributed by atoms with E-state index in [1.807, 2.05) is 18.2 Å². The van der Waals surface area contributed by atoms with Gasteiger partial charge in [-0.05, 0) is 49.3 Å². The summed E-state index contributed by atoms with van der Waals surface area (Å²) in [6, 6.07) is 4.90. The standard InChI is InChI=1S/C26H34N6O4/c1-32-21(16-27-31-32)23(33)30-22(17-7-5-3-2-4-6-8-17)24(34)28-18-9-10-19-20(15-18)29-25(35)26(19)11-13-36-14-12-26/h9-10,15-17,22H,2-8,11-14H2,1H3,(H,28,34)(H,29,35)(H,30,33). The summed E-state index contributed by atoms with van der Waals surface area (Å²) in [4.78, 5) is 39.5. The molecule has 1 aromatic heterocycles. The molecule has 2 aromatic rings. The third-order valence-corrected chi connectivity index (χ3v) is 7.97. The second kappa shape index (κ2) is 10.4. The molecule has 192 valence electrons. The number of aryl methyl sites for hydroxylation is 1. The first-order chi connectivity index (χ1) is 17.5. The summed E-state index contributed by atoms with van der Waals surface area (Å²) in [5.74, 6) is -0.592. The van der Waals surface area contributed by atoms with Crippen LogP contribution in [0.25, 0.3) is 0 Å². The third-order valence-electron chi connectivity index (χ3n) is 7.97. The number of hydrogen-bond donors (Lipinski definition) is 3. The van der Waals surface area contributed by atoms with Crippen LogP contribution in [0, 0.1) is 5.92 Å². The Labute approximate surface area is 210 Å². The molecule has 3 amide bonds. The highest BCUT2D eigenvalue weighted by atomic mass is 16.5. The lowest BCUT2D eigenvalue weighted by molar-refractivity contribution is -0.124. The highest BCUT2D eigenvalue weighted by Crippen LogP contribution is 2.45. The van der Waals surface area contributed by atoms with Crippen molar-refractivity contribution < 1.29 is 19.1 Å². The number of anilines is 2. The molecule has 1 unspecified atom stereocenters. The number of carbonyl (C=O) groups excluding carboxylic acids is 3. The Morgan fingerprint density at radius 1 is 1.14 bits per heavy atom. The molecule has 1 saturated carbocycles. The van der Waals surface area contributed by atoms with Crippen molar-refractivity contribution in [3.63, 3.8) is 0 Å². The second-order valence-corrected chi connectivity index (χ2v) is 10.2. The summed E-state index contributed by atoms with van der Waals surface area (Å²) >= 11 is 0. The summed E-state index contributed by atoms with van der Waals surface area (Å²) in [5, 5.41) is 16.6. The van der Waals surface area contributed by atoms with Gasteiger partial charge in [-0.2, -0.15) is 0 Å². The molecule has 10 nitrogen and oxygen atoms in total. The predicted molar refractivity (Wildman–Crippen MR) is 133 cm³/mol. The molecule has 3 N–H and O–H groups in total. The van der Waals surface area contributed by atoms with Gasteiger partial charge in [0, 0.05) is 31.6 Å². The molecule has 1 aromatic carbocycles. The van der Waals surface area contributed by atoms with E-state index in [2.05, 4.69) is 26.3 Å². The fraction of sp³-hybridized carbons (Fsp3) is 0.577. The average Bonchev–Trinajstić information content (AvgIpc) is 3.39. The number of carbonyl (C=O) groups is 3. The quantitative estimate of drug-likeness (QED) is 0.587. The van der Waals surface area contributed by atoms with Gasteiger partial charge in [0.05, 0.1) is 11.6 Å². The van der Waals surface area contributed by atoms with Crippen LogP contribution in [-0.4, -0.2) is 52.0 Å². The number of hydrogen-bond acceptors (Lipinski definition) is 6. The Morgan fingerprint density at radius 3 is 2.56 bits per heavy atom. The van der Waals surface area contributed by atoms with Gasteiger partial charge >= 0.3 is 0 Å². The van der Waals surface area contributed by atoms with Gasteiger partial charge in [0.1, 0.15) is 11.7 Å². The van der Waals surface area contributed by atoms with E-state index in [1.54, 1.807) is 7.05 Å². The van der Waals surface area contributed by atoms with Gasteiger partial charge in [-0.25, -0.2) is 4.68 Å². The molecular formula is C26H34N6O4. The zero-order chi connectivity index (χ0) is 25.1. The minimum atomic E-state index is -0.685. The number of ether oxygens (including phenoxy) is 1. The van der Waals surface area contributed by atoms with E-state index in [4.69, 9.17) is 4.74 Å². The summed E-state index contributed by atoms with van der Waals surface area (Å²) < 4.78 is 6.88. The van der Waals surface area contributed by atoms with Gasteiger partial charge in [0.2, 0.25) is 11.8 Å². The zero-order valence-electron chi connectivity index (χ0n) is 20.7. The molecule has 0 radical (unpaired) electrons. The molecule has 2 aliphatic heterocycles. The number of nitrogens with zero attached hydrogens (tertiary/aromatic N) is 3. The van der Waals surface area contributed by atoms with E-state index in [0.29, 0.717) is 37.4 Å².